The maximum absolute atomic E-state index is 11.7. The lowest BCUT2D eigenvalue weighted by Crippen LogP contribution is -2.11. The summed E-state index contributed by atoms with van der Waals surface area (Å²) in [5.74, 6) is -0.594. The van der Waals surface area contributed by atoms with E-state index in [0.717, 1.165) is 0 Å². The Hall–Kier alpha value is -2.40. The summed E-state index contributed by atoms with van der Waals surface area (Å²) >= 11 is 5.86. The van der Waals surface area contributed by atoms with E-state index in [1.807, 2.05) is 0 Å². The number of benzene rings is 2. The molecule has 1 N–H and O–H groups in total. The highest BCUT2D eigenvalue weighted by Gasteiger charge is 2.11. The van der Waals surface area contributed by atoms with E-state index in [1.54, 1.807) is 36.4 Å². The molecule has 6 heteroatoms. The van der Waals surface area contributed by atoms with Gasteiger partial charge in [-0.2, -0.15) is 0 Å². The summed E-state index contributed by atoms with van der Waals surface area (Å²) in [5.41, 5.74) is 3.55. The van der Waals surface area contributed by atoms with Crippen LogP contribution < -0.4 is 5.48 Å². The first kappa shape index (κ1) is 13.0. The molecule has 96 valence electrons. The van der Waals surface area contributed by atoms with Crippen molar-refractivity contribution in [3.05, 3.63) is 64.0 Å². The first-order valence-electron chi connectivity index (χ1n) is 5.36. The van der Waals surface area contributed by atoms with Gasteiger partial charge in [-0.15, -0.1) is 4.91 Å². The van der Waals surface area contributed by atoms with Gasteiger partial charge in [-0.3, -0.25) is 0 Å². The molecule has 0 aromatic heterocycles. The number of carbonyl (C=O) groups excluding carboxylic acids is 1. The van der Waals surface area contributed by atoms with Crippen molar-refractivity contribution in [3.63, 3.8) is 0 Å². The normalized spacial score (nSPS) is 9.74. The maximum atomic E-state index is 11.7. The fraction of sp³-hybridized carbons (Fsp3) is 0. The van der Waals surface area contributed by atoms with Crippen LogP contribution in [-0.2, 0) is 4.84 Å². The standard InChI is InChI=1S/C13H9ClN2O3/c14-12-4-2-1-3-11(12)13(17)19-16-10-7-5-9(15-18)6-8-10/h1-8,16H. The van der Waals surface area contributed by atoms with Gasteiger partial charge in [0, 0.05) is 0 Å². The predicted molar refractivity (Wildman–Crippen MR) is 72.4 cm³/mol. The lowest BCUT2D eigenvalue weighted by molar-refractivity contribution is 0.0596. The Morgan fingerprint density at radius 3 is 2.42 bits per heavy atom. The lowest BCUT2D eigenvalue weighted by atomic mass is 10.2. The molecule has 0 amide bonds. The van der Waals surface area contributed by atoms with Crippen LogP contribution in [0.3, 0.4) is 0 Å². The van der Waals surface area contributed by atoms with Crippen molar-refractivity contribution in [2.24, 2.45) is 5.18 Å². The number of hydrogen-bond acceptors (Lipinski definition) is 5. The monoisotopic (exact) mass is 276 g/mol. The molecule has 0 saturated carbocycles. The molecular weight excluding hydrogens is 268 g/mol. The van der Waals surface area contributed by atoms with Gasteiger partial charge in [-0.25, -0.2) is 10.3 Å². The third-order valence-corrected chi connectivity index (χ3v) is 2.66. The number of rotatable bonds is 4. The van der Waals surface area contributed by atoms with Gasteiger partial charge in [0.25, 0.3) is 0 Å². The number of nitrogens with zero attached hydrogens (tertiary/aromatic N) is 1. The van der Waals surface area contributed by atoms with Crippen LogP contribution in [0.25, 0.3) is 0 Å². The third kappa shape index (κ3) is 3.29. The second-order valence-corrected chi connectivity index (χ2v) is 4.02. The van der Waals surface area contributed by atoms with E-state index in [2.05, 4.69) is 10.7 Å². The summed E-state index contributed by atoms with van der Waals surface area (Å²) < 4.78 is 0. The summed E-state index contributed by atoms with van der Waals surface area (Å²) in [4.78, 5) is 26.8. The van der Waals surface area contributed by atoms with Crippen LogP contribution in [0.5, 0.6) is 0 Å². The smallest absolute Gasteiger partial charge is 0.338 e. The topological polar surface area (TPSA) is 67.8 Å². The molecule has 0 saturated heterocycles. The highest BCUT2D eigenvalue weighted by atomic mass is 35.5. The fourth-order valence-corrected chi connectivity index (χ4v) is 1.59. The molecule has 2 aromatic carbocycles. The molecule has 0 bridgehead atoms. The Morgan fingerprint density at radius 1 is 1.11 bits per heavy atom. The molecule has 0 atom stereocenters. The molecule has 2 aromatic rings. The Labute approximate surface area is 114 Å². The summed E-state index contributed by atoms with van der Waals surface area (Å²) in [6, 6.07) is 12.7. The van der Waals surface area contributed by atoms with Gasteiger partial charge in [0.05, 0.1) is 16.3 Å². The van der Waals surface area contributed by atoms with Gasteiger partial charge >= 0.3 is 5.97 Å². The van der Waals surface area contributed by atoms with Crippen molar-refractivity contribution in [1.29, 1.82) is 0 Å². The molecule has 0 aliphatic heterocycles. The van der Waals surface area contributed by atoms with Crippen LogP contribution in [-0.4, -0.2) is 5.97 Å². The highest BCUT2D eigenvalue weighted by molar-refractivity contribution is 6.33. The minimum atomic E-state index is -0.594. The molecule has 0 heterocycles. The van der Waals surface area contributed by atoms with E-state index in [0.29, 0.717) is 16.4 Å². The Kier molecular flexibility index (Phi) is 4.10. The SMILES string of the molecule is O=Nc1ccc(NOC(=O)c2ccccc2Cl)cc1. The second kappa shape index (κ2) is 5.97. The van der Waals surface area contributed by atoms with E-state index in [9.17, 15) is 9.70 Å². The van der Waals surface area contributed by atoms with Crippen LogP contribution in [0.4, 0.5) is 11.4 Å². The van der Waals surface area contributed by atoms with Gasteiger partial charge in [0.2, 0.25) is 0 Å². The molecule has 19 heavy (non-hydrogen) atoms. The zero-order valence-corrected chi connectivity index (χ0v) is 10.4. The van der Waals surface area contributed by atoms with Crippen LogP contribution in [0, 0.1) is 4.91 Å². The Bertz CT molecular complexity index is 599. The van der Waals surface area contributed by atoms with Crippen molar-refractivity contribution in [2.75, 3.05) is 5.48 Å². The van der Waals surface area contributed by atoms with E-state index < -0.39 is 5.97 Å². The predicted octanol–water partition coefficient (Wildman–Crippen LogP) is 3.92. The highest BCUT2D eigenvalue weighted by Crippen LogP contribution is 2.18. The molecule has 0 aliphatic rings. The van der Waals surface area contributed by atoms with Crippen LogP contribution in [0.1, 0.15) is 10.4 Å². The quantitative estimate of drug-likeness (QED) is 0.679. The van der Waals surface area contributed by atoms with Gasteiger partial charge < -0.3 is 4.84 Å². The summed E-state index contributed by atoms with van der Waals surface area (Å²) in [7, 11) is 0. The minimum absolute atomic E-state index is 0.267. The molecular formula is C13H9ClN2O3. The number of carbonyl (C=O) groups is 1. The van der Waals surface area contributed by atoms with Gasteiger partial charge in [0.1, 0.15) is 5.69 Å². The Morgan fingerprint density at radius 2 is 1.79 bits per heavy atom. The van der Waals surface area contributed by atoms with Gasteiger partial charge in [0.15, 0.2) is 0 Å². The van der Waals surface area contributed by atoms with E-state index in [-0.39, 0.29) is 5.56 Å². The summed E-state index contributed by atoms with van der Waals surface area (Å²) in [6.07, 6.45) is 0. The van der Waals surface area contributed by atoms with Crippen LogP contribution in [0.2, 0.25) is 5.02 Å². The summed E-state index contributed by atoms with van der Waals surface area (Å²) in [6.45, 7) is 0. The fourth-order valence-electron chi connectivity index (χ4n) is 1.38. The number of hydrogen-bond donors (Lipinski definition) is 1. The largest absolute Gasteiger partial charge is 0.364 e. The zero-order valence-electron chi connectivity index (χ0n) is 9.67. The average Bonchev–Trinajstić information content (AvgIpc) is 2.46. The maximum Gasteiger partial charge on any atom is 0.364 e. The van der Waals surface area contributed by atoms with Crippen LogP contribution >= 0.6 is 11.6 Å². The molecule has 0 unspecified atom stereocenters. The van der Waals surface area contributed by atoms with Crippen molar-refractivity contribution >= 4 is 28.9 Å². The number of anilines is 1. The molecule has 0 fully saturated rings. The molecule has 0 aliphatic carbocycles. The second-order valence-electron chi connectivity index (χ2n) is 3.61. The first-order chi connectivity index (χ1) is 9.20. The average molecular weight is 277 g/mol. The molecule has 0 radical (unpaired) electrons. The van der Waals surface area contributed by atoms with Crippen molar-refractivity contribution in [2.45, 2.75) is 0 Å². The first-order valence-corrected chi connectivity index (χ1v) is 5.73. The van der Waals surface area contributed by atoms with E-state index in [1.165, 1.54) is 12.1 Å². The van der Waals surface area contributed by atoms with Crippen molar-refractivity contribution in [3.8, 4) is 0 Å². The molecule has 0 spiro atoms. The van der Waals surface area contributed by atoms with Crippen molar-refractivity contribution in [1.82, 2.24) is 0 Å². The van der Waals surface area contributed by atoms with Gasteiger partial charge in [-0.1, -0.05) is 23.7 Å². The van der Waals surface area contributed by atoms with Crippen LogP contribution in [0.15, 0.2) is 53.7 Å². The van der Waals surface area contributed by atoms with Gasteiger partial charge in [-0.05, 0) is 41.6 Å². The lowest BCUT2D eigenvalue weighted by Gasteiger charge is -2.07. The Balaban J connectivity index is 2.00. The zero-order chi connectivity index (χ0) is 13.7. The number of nitrogens with one attached hydrogen (secondary N) is 1. The third-order valence-electron chi connectivity index (χ3n) is 2.33. The number of halogens is 1. The number of nitroso groups, excluding NO2 is 1. The molecule has 5 nitrogen and oxygen atoms in total. The van der Waals surface area contributed by atoms with E-state index >= 15 is 0 Å². The minimum Gasteiger partial charge on any atom is -0.338 e. The summed E-state index contributed by atoms with van der Waals surface area (Å²) in [5, 5.41) is 3.08. The van der Waals surface area contributed by atoms with Crippen molar-refractivity contribution < 1.29 is 9.63 Å². The molecule has 2 rings (SSSR count). The van der Waals surface area contributed by atoms with E-state index in [4.69, 9.17) is 16.4 Å².